The van der Waals surface area contributed by atoms with Crippen molar-refractivity contribution < 1.29 is 10.0 Å². The van der Waals surface area contributed by atoms with E-state index in [2.05, 4.69) is 10.6 Å². The van der Waals surface area contributed by atoms with Gasteiger partial charge in [-0.2, -0.15) is 0 Å². The van der Waals surface area contributed by atoms with Crippen molar-refractivity contribution in [1.29, 1.82) is 0 Å². The van der Waals surface area contributed by atoms with E-state index >= 15 is 0 Å². The molecular formula is C14H23N3O3. The molecule has 1 aromatic rings. The van der Waals surface area contributed by atoms with Crippen LogP contribution >= 0.6 is 0 Å². The second-order valence-corrected chi connectivity index (χ2v) is 4.71. The van der Waals surface area contributed by atoms with Crippen LogP contribution in [0, 0.1) is 10.1 Å². The maximum absolute atomic E-state index is 11.0. The van der Waals surface area contributed by atoms with Crippen LogP contribution < -0.4 is 10.6 Å². The van der Waals surface area contributed by atoms with E-state index in [1.807, 2.05) is 19.9 Å². The number of nitrogens with one attached hydrogen (secondary N) is 2. The summed E-state index contributed by atoms with van der Waals surface area (Å²) in [6.07, 6.45) is 2.42. The van der Waals surface area contributed by atoms with E-state index in [1.54, 1.807) is 0 Å². The van der Waals surface area contributed by atoms with Crippen molar-refractivity contribution in [3.8, 4) is 0 Å². The Balaban J connectivity index is 2.92. The minimum Gasteiger partial charge on any atom is -0.396 e. The zero-order valence-corrected chi connectivity index (χ0v) is 12.1. The Labute approximate surface area is 119 Å². The quantitative estimate of drug-likeness (QED) is 0.478. The lowest BCUT2D eigenvalue weighted by Crippen LogP contribution is -2.20. The number of benzene rings is 1. The van der Waals surface area contributed by atoms with Gasteiger partial charge in [-0.1, -0.05) is 13.8 Å². The molecule has 0 amide bonds. The SMILES string of the molecule is CCCNc1cc(NC(CC)CCO)cc([N+](=O)[O-])c1. The van der Waals surface area contributed by atoms with E-state index in [9.17, 15) is 10.1 Å². The molecule has 1 unspecified atom stereocenters. The average Bonchev–Trinajstić information content (AvgIpc) is 2.44. The van der Waals surface area contributed by atoms with Crippen LogP contribution in [0.25, 0.3) is 0 Å². The molecule has 0 aromatic heterocycles. The third kappa shape index (κ3) is 5.05. The predicted molar refractivity (Wildman–Crippen MR) is 81.3 cm³/mol. The van der Waals surface area contributed by atoms with Crippen LogP contribution in [0.15, 0.2) is 18.2 Å². The van der Waals surface area contributed by atoms with Crippen LogP contribution in [-0.4, -0.2) is 29.2 Å². The zero-order chi connectivity index (χ0) is 15.0. The van der Waals surface area contributed by atoms with Gasteiger partial charge in [0, 0.05) is 42.7 Å². The van der Waals surface area contributed by atoms with Crippen LogP contribution in [0.2, 0.25) is 0 Å². The van der Waals surface area contributed by atoms with Gasteiger partial charge >= 0.3 is 0 Å². The normalized spacial score (nSPS) is 11.9. The Bertz CT molecular complexity index is 438. The van der Waals surface area contributed by atoms with Crippen molar-refractivity contribution in [1.82, 2.24) is 0 Å². The van der Waals surface area contributed by atoms with Gasteiger partial charge in [0.1, 0.15) is 0 Å². The van der Waals surface area contributed by atoms with Crippen molar-refractivity contribution in [3.63, 3.8) is 0 Å². The molecule has 1 rings (SSSR count). The summed E-state index contributed by atoms with van der Waals surface area (Å²) < 4.78 is 0. The number of hydrogen-bond acceptors (Lipinski definition) is 5. The van der Waals surface area contributed by atoms with E-state index in [-0.39, 0.29) is 18.3 Å². The van der Waals surface area contributed by atoms with E-state index in [0.29, 0.717) is 12.1 Å². The molecule has 0 aliphatic rings. The molecule has 1 aromatic carbocycles. The lowest BCUT2D eigenvalue weighted by atomic mass is 10.1. The van der Waals surface area contributed by atoms with E-state index in [1.165, 1.54) is 12.1 Å². The highest BCUT2D eigenvalue weighted by atomic mass is 16.6. The van der Waals surface area contributed by atoms with Gasteiger partial charge in [0.2, 0.25) is 0 Å². The van der Waals surface area contributed by atoms with Crippen LogP contribution in [0.5, 0.6) is 0 Å². The van der Waals surface area contributed by atoms with E-state index in [0.717, 1.165) is 25.1 Å². The summed E-state index contributed by atoms with van der Waals surface area (Å²) >= 11 is 0. The number of nitro benzene ring substituents is 1. The summed E-state index contributed by atoms with van der Waals surface area (Å²) in [4.78, 5) is 10.6. The highest BCUT2D eigenvalue weighted by molar-refractivity contribution is 5.63. The van der Waals surface area contributed by atoms with Crippen molar-refractivity contribution in [2.45, 2.75) is 39.2 Å². The molecule has 0 saturated heterocycles. The highest BCUT2D eigenvalue weighted by Crippen LogP contribution is 2.25. The minimum atomic E-state index is -0.394. The third-order valence-corrected chi connectivity index (χ3v) is 3.05. The second-order valence-electron chi connectivity index (χ2n) is 4.71. The summed E-state index contributed by atoms with van der Waals surface area (Å²) in [5, 5.41) is 26.4. The smallest absolute Gasteiger partial charge is 0.273 e. The fraction of sp³-hybridized carbons (Fsp3) is 0.571. The molecule has 1 atom stereocenters. The summed E-state index contributed by atoms with van der Waals surface area (Å²) in [7, 11) is 0. The van der Waals surface area contributed by atoms with Crippen LogP contribution in [-0.2, 0) is 0 Å². The molecule has 6 nitrogen and oxygen atoms in total. The van der Waals surface area contributed by atoms with Crippen LogP contribution in [0.4, 0.5) is 17.1 Å². The Morgan fingerprint density at radius 3 is 2.55 bits per heavy atom. The van der Waals surface area contributed by atoms with E-state index in [4.69, 9.17) is 5.11 Å². The number of nitro groups is 1. The van der Waals surface area contributed by atoms with Gasteiger partial charge in [-0.25, -0.2) is 0 Å². The molecule has 0 fully saturated rings. The average molecular weight is 281 g/mol. The second kappa shape index (κ2) is 8.37. The lowest BCUT2D eigenvalue weighted by Gasteiger charge is -2.18. The number of hydrogen-bond donors (Lipinski definition) is 3. The Hall–Kier alpha value is -1.82. The fourth-order valence-corrected chi connectivity index (χ4v) is 1.94. The van der Waals surface area contributed by atoms with Gasteiger partial charge in [-0.05, 0) is 25.3 Å². The predicted octanol–water partition coefficient (Wildman–Crippen LogP) is 2.99. The molecule has 20 heavy (non-hydrogen) atoms. The lowest BCUT2D eigenvalue weighted by molar-refractivity contribution is -0.384. The van der Waals surface area contributed by atoms with Gasteiger partial charge in [0.15, 0.2) is 0 Å². The molecule has 0 radical (unpaired) electrons. The first-order chi connectivity index (χ1) is 9.60. The highest BCUT2D eigenvalue weighted by Gasteiger charge is 2.12. The molecule has 112 valence electrons. The number of nitrogens with zero attached hydrogens (tertiary/aromatic N) is 1. The first kappa shape index (κ1) is 16.2. The largest absolute Gasteiger partial charge is 0.396 e. The summed E-state index contributed by atoms with van der Waals surface area (Å²) in [6, 6.07) is 5.04. The van der Waals surface area contributed by atoms with Crippen molar-refractivity contribution in [2.24, 2.45) is 0 Å². The monoisotopic (exact) mass is 281 g/mol. The minimum absolute atomic E-state index is 0.0625. The molecule has 0 spiro atoms. The number of anilines is 2. The van der Waals surface area contributed by atoms with Gasteiger partial charge in [-0.15, -0.1) is 0 Å². The molecule has 0 saturated carbocycles. The Morgan fingerprint density at radius 1 is 1.30 bits per heavy atom. The summed E-state index contributed by atoms with van der Waals surface area (Å²) in [5.74, 6) is 0. The molecule has 0 bridgehead atoms. The molecule has 3 N–H and O–H groups in total. The van der Waals surface area contributed by atoms with Crippen molar-refractivity contribution in [3.05, 3.63) is 28.3 Å². The van der Waals surface area contributed by atoms with Gasteiger partial charge in [-0.3, -0.25) is 10.1 Å². The Morgan fingerprint density at radius 2 is 2.00 bits per heavy atom. The zero-order valence-electron chi connectivity index (χ0n) is 12.1. The number of rotatable bonds is 9. The van der Waals surface area contributed by atoms with Crippen LogP contribution in [0.3, 0.4) is 0 Å². The maximum Gasteiger partial charge on any atom is 0.273 e. The van der Waals surface area contributed by atoms with Crippen molar-refractivity contribution >= 4 is 17.1 Å². The van der Waals surface area contributed by atoms with Crippen LogP contribution in [0.1, 0.15) is 33.1 Å². The summed E-state index contributed by atoms with van der Waals surface area (Å²) in [5.41, 5.74) is 1.51. The summed E-state index contributed by atoms with van der Waals surface area (Å²) in [6.45, 7) is 4.93. The third-order valence-electron chi connectivity index (χ3n) is 3.05. The van der Waals surface area contributed by atoms with Gasteiger partial charge in [0.25, 0.3) is 5.69 Å². The standard InChI is InChI=1S/C14H23N3O3/c1-3-6-15-12-8-13(10-14(9-12)17(19)20)16-11(4-2)5-7-18/h8-11,15-16,18H,3-7H2,1-2H3. The number of non-ortho nitro benzene ring substituents is 1. The molecule has 0 aliphatic heterocycles. The molecule has 6 heteroatoms. The first-order valence-corrected chi connectivity index (χ1v) is 7.01. The Kier molecular flexibility index (Phi) is 6.79. The molecule has 0 aliphatic carbocycles. The molecular weight excluding hydrogens is 258 g/mol. The van der Waals surface area contributed by atoms with Gasteiger partial charge < -0.3 is 15.7 Å². The van der Waals surface area contributed by atoms with Crippen molar-refractivity contribution in [2.75, 3.05) is 23.8 Å². The topological polar surface area (TPSA) is 87.4 Å². The number of aliphatic hydroxyl groups excluding tert-OH is 1. The van der Waals surface area contributed by atoms with E-state index < -0.39 is 4.92 Å². The first-order valence-electron chi connectivity index (χ1n) is 7.01. The van der Waals surface area contributed by atoms with Gasteiger partial charge in [0.05, 0.1) is 4.92 Å². The molecule has 0 heterocycles. The number of aliphatic hydroxyl groups is 1. The maximum atomic E-state index is 11.0. The fourth-order valence-electron chi connectivity index (χ4n) is 1.94.